The van der Waals surface area contributed by atoms with Crippen LogP contribution in [0.25, 0.3) is 11.0 Å². The molecule has 0 aliphatic rings. The van der Waals surface area contributed by atoms with Crippen LogP contribution in [0.15, 0.2) is 35.1 Å². The highest BCUT2D eigenvalue weighted by molar-refractivity contribution is 5.92. The number of carboxylic acids is 1. The van der Waals surface area contributed by atoms with Crippen molar-refractivity contribution >= 4 is 17.0 Å². The summed E-state index contributed by atoms with van der Waals surface area (Å²) in [5.74, 6) is 0.169. The Labute approximate surface area is 121 Å². The number of nitrogens with zero attached hydrogens (tertiary/aromatic N) is 3. The maximum atomic E-state index is 11.1. The Kier molecular flexibility index (Phi) is 3.21. The summed E-state index contributed by atoms with van der Waals surface area (Å²) in [4.78, 5) is 15.6. The quantitative estimate of drug-likeness (QED) is 0.797. The van der Waals surface area contributed by atoms with Crippen LogP contribution in [0, 0.1) is 0 Å². The fourth-order valence-electron chi connectivity index (χ4n) is 2.37. The van der Waals surface area contributed by atoms with Gasteiger partial charge in [0.2, 0.25) is 0 Å². The summed E-state index contributed by atoms with van der Waals surface area (Å²) in [5.41, 5.74) is 2.62. The van der Waals surface area contributed by atoms with Crippen LogP contribution in [-0.2, 0) is 6.54 Å². The van der Waals surface area contributed by atoms with Gasteiger partial charge in [-0.15, -0.1) is 0 Å². The summed E-state index contributed by atoms with van der Waals surface area (Å²) >= 11 is 0. The Morgan fingerprint density at radius 1 is 1.38 bits per heavy atom. The predicted octanol–water partition coefficient (Wildman–Crippen LogP) is 2.89. The molecule has 0 saturated carbocycles. The Bertz CT molecular complexity index is 788. The molecule has 21 heavy (non-hydrogen) atoms. The van der Waals surface area contributed by atoms with E-state index in [-0.39, 0.29) is 11.5 Å². The van der Waals surface area contributed by atoms with Gasteiger partial charge in [0.05, 0.1) is 23.1 Å². The van der Waals surface area contributed by atoms with Crippen molar-refractivity contribution in [1.29, 1.82) is 0 Å². The smallest absolute Gasteiger partial charge is 0.335 e. The van der Waals surface area contributed by atoms with Crippen LogP contribution in [0.5, 0.6) is 0 Å². The summed E-state index contributed by atoms with van der Waals surface area (Å²) in [7, 11) is 0. The number of aromatic carboxylic acids is 1. The van der Waals surface area contributed by atoms with Crippen LogP contribution in [-0.4, -0.2) is 25.8 Å². The molecule has 2 heterocycles. The highest BCUT2D eigenvalue weighted by Crippen LogP contribution is 2.24. The average Bonchev–Trinajstić information content (AvgIpc) is 3.06. The Morgan fingerprint density at radius 3 is 2.81 bits per heavy atom. The van der Waals surface area contributed by atoms with Gasteiger partial charge in [-0.25, -0.2) is 9.78 Å². The van der Waals surface area contributed by atoms with Crippen molar-refractivity contribution in [3.63, 3.8) is 0 Å². The average molecular weight is 285 g/mol. The highest BCUT2D eigenvalue weighted by atomic mass is 16.5. The molecule has 1 aromatic carbocycles. The Balaban J connectivity index is 2.15. The molecule has 0 amide bonds. The normalized spacial score (nSPS) is 11.4. The fraction of sp³-hybridized carbons (Fsp3) is 0.267. The number of hydrogen-bond acceptors (Lipinski definition) is 4. The molecule has 0 spiro atoms. The monoisotopic (exact) mass is 285 g/mol. The van der Waals surface area contributed by atoms with E-state index >= 15 is 0 Å². The molecule has 1 N–H and O–H groups in total. The molecule has 0 bridgehead atoms. The molecule has 2 aromatic heterocycles. The first-order valence-corrected chi connectivity index (χ1v) is 6.69. The van der Waals surface area contributed by atoms with Gasteiger partial charge in [0.25, 0.3) is 0 Å². The van der Waals surface area contributed by atoms with E-state index in [9.17, 15) is 4.79 Å². The van der Waals surface area contributed by atoms with Crippen molar-refractivity contribution in [2.45, 2.75) is 26.3 Å². The van der Waals surface area contributed by atoms with E-state index in [1.807, 2.05) is 10.6 Å². The van der Waals surface area contributed by atoms with E-state index in [1.165, 1.54) is 6.26 Å². The van der Waals surface area contributed by atoms with Gasteiger partial charge in [0.1, 0.15) is 17.8 Å². The van der Waals surface area contributed by atoms with E-state index in [1.54, 1.807) is 18.2 Å². The first kappa shape index (κ1) is 13.4. The van der Waals surface area contributed by atoms with E-state index in [0.29, 0.717) is 12.1 Å². The molecule has 0 fully saturated rings. The fourth-order valence-corrected chi connectivity index (χ4v) is 2.37. The van der Waals surface area contributed by atoms with Crippen molar-refractivity contribution in [2.24, 2.45) is 0 Å². The molecule has 6 nitrogen and oxygen atoms in total. The summed E-state index contributed by atoms with van der Waals surface area (Å²) < 4.78 is 6.91. The van der Waals surface area contributed by atoms with Crippen molar-refractivity contribution in [2.75, 3.05) is 0 Å². The summed E-state index contributed by atoms with van der Waals surface area (Å²) in [5, 5.41) is 13.0. The minimum absolute atomic E-state index is 0.220. The maximum Gasteiger partial charge on any atom is 0.335 e. The van der Waals surface area contributed by atoms with Crippen LogP contribution in [0.3, 0.4) is 0 Å². The molecular formula is C15H15N3O3. The minimum Gasteiger partial charge on any atom is -0.478 e. The maximum absolute atomic E-state index is 11.1. The van der Waals surface area contributed by atoms with E-state index in [0.717, 1.165) is 17.0 Å². The zero-order chi connectivity index (χ0) is 15.0. The minimum atomic E-state index is -0.950. The third kappa shape index (κ3) is 2.40. The van der Waals surface area contributed by atoms with Crippen LogP contribution in [0.1, 0.15) is 41.6 Å². The second-order valence-electron chi connectivity index (χ2n) is 5.21. The Morgan fingerprint density at radius 2 is 2.19 bits per heavy atom. The van der Waals surface area contributed by atoms with Gasteiger partial charge in [0, 0.05) is 12.0 Å². The Hall–Kier alpha value is -2.63. The van der Waals surface area contributed by atoms with Crippen molar-refractivity contribution in [3.05, 3.63) is 47.6 Å². The number of hydrogen-bond donors (Lipinski definition) is 1. The first-order chi connectivity index (χ1) is 10.1. The number of benzene rings is 1. The number of fused-ring (bicyclic) bond motifs is 1. The number of aromatic nitrogens is 3. The lowest BCUT2D eigenvalue weighted by Gasteiger charge is -2.09. The van der Waals surface area contributed by atoms with Gasteiger partial charge in [0.15, 0.2) is 0 Å². The van der Waals surface area contributed by atoms with Gasteiger partial charge in [-0.2, -0.15) is 0 Å². The summed E-state index contributed by atoms with van der Waals surface area (Å²) in [6.45, 7) is 4.66. The van der Waals surface area contributed by atoms with Crippen LogP contribution in [0.4, 0.5) is 0 Å². The number of carboxylic acid groups (broad SMARTS) is 1. The zero-order valence-electron chi connectivity index (χ0n) is 11.8. The van der Waals surface area contributed by atoms with Gasteiger partial charge >= 0.3 is 5.97 Å². The van der Waals surface area contributed by atoms with Crippen LogP contribution >= 0.6 is 0 Å². The molecule has 0 saturated heterocycles. The topological polar surface area (TPSA) is 81.1 Å². The first-order valence-electron chi connectivity index (χ1n) is 6.69. The molecule has 0 radical (unpaired) electrons. The van der Waals surface area contributed by atoms with E-state index in [4.69, 9.17) is 9.63 Å². The van der Waals surface area contributed by atoms with Crippen LogP contribution in [0.2, 0.25) is 0 Å². The molecule has 0 atom stereocenters. The number of carbonyl (C=O) groups is 1. The van der Waals surface area contributed by atoms with E-state index in [2.05, 4.69) is 24.0 Å². The van der Waals surface area contributed by atoms with Gasteiger partial charge < -0.3 is 14.2 Å². The van der Waals surface area contributed by atoms with E-state index < -0.39 is 5.97 Å². The highest BCUT2D eigenvalue weighted by Gasteiger charge is 2.16. The van der Waals surface area contributed by atoms with Gasteiger partial charge in [-0.3, -0.25) is 0 Å². The second-order valence-corrected chi connectivity index (χ2v) is 5.21. The third-order valence-corrected chi connectivity index (χ3v) is 3.35. The predicted molar refractivity (Wildman–Crippen MR) is 76.4 cm³/mol. The van der Waals surface area contributed by atoms with Gasteiger partial charge in [-0.1, -0.05) is 19.0 Å². The third-order valence-electron chi connectivity index (χ3n) is 3.35. The zero-order valence-corrected chi connectivity index (χ0v) is 11.8. The molecule has 0 aliphatic carbocycles. The van der Waals surface area contributed by atoms with Gasteiger partial charge in [-0.05, 0) is 18.2 Å². The largest absolute Gasteiger partial charge is 0.478 e. The van der Waals surface area contributed by atoms with Crippen molar-refractivity contribution in [3.8, 4) is 0 Å². The lowest BCUT2D eigenvalue weighted by molar-refractivity contribution is 0.0697. The molecule has 108 valence electrons. The molecule has 3 rings (SSSR count). The SMILES string of the molecule is CC(C)c1nc2cc(C(=O)O)ccc2n1Cc1ccon1. The summed E-state index contributed by atoms with van der Waals surface area (Å²) in [6, 6.07) is 6.79. The van der Waals surface area contributed by atoms with Crippen molar-refractivity contribution in [1.82, 2.24) is 14.7 Å². The second kappa shape index (κ2) is 5.05. The molecule has 0 unspecified atom stereocenters. The number of imidazole rings is 1. The standard InChI is InChI=1S/C15H15N3O3/c1-9(2)14-16-12-7-10(15(19)20)3-4-13(12)18(14)8-11-5-6-21-17-11/h3-7,9H,8H2,1-2H3,(H,19,20). The lowest BCUT2D eigenvalue weighted by atomic mass is 10.2. The summed E-state index contributed by atoms with van der Waals surface area (Å²) in [6.07, 6.45) is 1.53. The molecule has 0 aliphatic heterocycles. The number of rotatable bonds is 4. The van der Waals surface area contributed by atoms with Crippen molar-refractivity contribution < 1.29 is 14.4 Å². The molecular weight excluding hydrogens is 270 g/mol. The molecule has 3 aromatic rings. The molecule has 6 heteroatoms. The van der Waals surface area contributed by atoms with Crippen LogP contribution < -0.4 is 0 Å². The lowest BCUT2D eigenvalue weighted by Crippen LogP contribution is -2.06.